The summed E-state index contributed by atoms with van der Waals surface area (Å²) in [6, 6.07) is 0.138. The van der Waals surface area contributed by atoms with E-state index < -0.39 is 12.5 Å². The first-order chi connectivity index (χ1) is 6.02. The van der Waals surface area contributed by atoms with E-state index in [1.807, 2.05) is 0 Å². The highest BCUT2D eigenvalue weighted by molar-refractivity contribution is 7.71. The largest absolute Gasteiger partial charge is 0.317 e. The Kier molecular flexibility index (Phi) is 2.92. The van der Waals surface area contributed by atoms with Gasteiger partial charge in [-0.3, -0.25) is 9.78 Å². The Hall–Kier alpha value is -1.04. The third-order valence-corrected chi connectivity index (χ3v) is 1.97. The van der Waals surface area contributed by atoms with Crippen molar-refractivity contribution in [2.24, 2.45) is 0 Å². The first-order valence-electron chi connectivity index (χ1n) is 3.62. The van der Waals surface area contributed by atoms with Gasteiger partial charge in [0, 0.05) is 12.3 Å². The highest BCUT2D eigenvalue weighted by Gasteiger charge is 2.16. The summed E-state index contributed by atoms with van der Waals surface area (Å²) in [7, 11) is 0. The fraction of sp³-hybridized carbons (Fsp3) is 0.429. The van der Waals surface area contributed by atoms with Crippen molar-refractivity contribution in [3.8, 4) is 0 Å². The fourth-order valence-corrected chi connectivity index (χ4v) is 1.20. The topological polar surface area (TPSA) is 37.8 Å². The maximum Gasteiger partial charge on any atom is 0.258 e. The molecule has 0 aliphatic rings. The van der Waals surface area contributed by atoms with Crippen LogP contribution >= 0.6 is 12.2 Å². The first-order valence-corrected chi connectivity index (χ1v) is 4.03. The highest BCUT2D eigenvalue weighted by Crippen LogP contribution is 2.14. The van der Waals surface area contributed by atoms with Crippen LogP contribution in [-0.4, -0.2) is 16.0 Å². The molecular formula is C7H8F2N2OS. The monoisotopic (exact) mass is 206 g/mol. The standard InChI is InChI=1S/C7H8F2N2OS/c1-4(6(8)9)11-3-2-5(12)10-7(11)13/h2-4,6H,1H3,(H,10,12,13). The van der Waals surface area contributed by atoms with Gasteiger partial charge in [-0.15, -0.1) is 0 Å². The van der Waals surface area contributed by atoms with Crippen LogP contribution in [0.25, 0.3) is 0 Å². The molecule has 0 aromatic carbocycles. The van der Waals surface area contributed by atoms with Gasteiger partial charge in [0.05, 0.1) is 6.04 Å². The zero-order chi connectivity index (χ0) is 10.0. The molecule has 6 heteroatoms. The molecule has 72 valence electrons. The Morgan fingerprint density at radius 1 is 1.62 bits per heavy atom. The molecule has 0 saturated heterocycles. The molecule has 0 aliphatic carbocycles. The van der Waals surface area contributed by atoms with Crippen molar-refractivity contribution in [2.75, 3.05) is 0 Å². The number of aromatic amines is 1. The summed E-state index contributed by atoms with van der Waals surface area (Å²) >= 11 is 4.71. The molecule has 0 spiro atoms. The van der Waals surface area contributed by atoms with Gasteiger partial charge >= 0.3 is 0 Å². The van der Waals surface area contributed by atoms with Crippen molar-refractivity contribution in [3.63, 3.8) is 0 Å². The van der Waals surface area contributed by atoms with Gasteiger partial charge in [-0.2, -0.15) is 0 Å². The van der Waals surface area contributed by atoms with Crippen LogP contribution in [0.15, 0.2) is 17.1 Å². The summed E-state index contributed by atoms with van der Waals surface area (Å²) in [6.07, 6.45) is -1.24. The van der Waals surface area contributed by atoms with Crippen molar-refractivity contribution in [3.05, 3.63) is 27.4 Å². The second-order valence-corrected chi connectivity index (χ2v) is 2.98. The normalized spacial score (nSPS) is 13.2. The number of halogens is 2. The van der Waals surface area contributed by atoms with Gasteiger partial charge in [0.25, 0.3) is 12.0 Å². The van der Waals surface area contributed by atoms with Crippen LogP contribution in [0.1, 0.15) is 13.0 Å². The van der Waals surface area contributed by atoms with Crippen LogP contribution in [0.2, 0.25) is 0 Å². The van der Waals surface area contributed by atoms with Crippen LogP contribution in [0.3, 0.4) is 0 Å². The third-order valence-electron chi connectivity index (χ3n) is 1.65. The smallest absolute Gasteiger partial charge is 0.258 e. The maximum absolute atomic E-state index is 12.2. The van der Waals surface area contributed by atoms with E-state index in [9.17, 15) is 13.6 Å². The lowest BCUT2D eigenvalue weighted by Gasteiger charge is -2.13. The summed E-state index contributed by atoms with van der Waals surface area (Å²) in [5.74, 6) is 0. The van der Waals surface area contributed by atoms with Crippen molar-refractivity contribution < 1.29 is 8.78 Å². The molecule has 1 aromatic rings. The number of H-pyrrole nitrogens is 1. The molecule has 1 atom stereocenters. The van der Waals surface area contributed by atoms with E-state index in [1.54, 1.807) is 0 Å². The zero-order valence-electron chi connectivity index (χ0n) is 6.83. The van der Waals surface area contributed by atoms with E-state index in [0.29, 0.717) is 0 Å². The number of hydrogen-bond donors (Lipinski definition) is 1. The molecule has 1 N–H and O–H groups in total. The summed E-state index contributed by atoms with van der Waals surface area (Å²) in [5.41, 5.74) is -0.386. The van der Waals surface area contributed by atoms with E-state index in [0.717, 1.165) is 10.6 Å². The molecule has 3 nitrogen and oxygen atoms in total. The molecule has 0 saturated carbocycles. The van der Waals surface area contributed by atoms with Crippen molar-refractivity contribution in [2.45, 2.75) is 19.4 Å². The van der Waals surface area contributed by atoms with Crippen LogP contribution in [0.4, 0.5) is 8.78 Å². The second-order valence-electron chi connectivity index (χ2n) is 2.59. The lowest BCUT2D eigenvalue weighted by molar-refractivity contribution is 0.0899. The van der Waals surface area contributed by atoms with E-state index in [2.05, 4.69) is 4.98 Å². The number of aromatic nitrogens is 2. The lowest BCUT2D eigenvalue weighted by atomic mass is 10.3. The molecule has 0 fully saturated rings. The Balaban J connectivity index is 3.17. The fourth-order valence-electron chi connectivity index (χ4n) is 0.869. The first kappa shape index (κ1) is 10.0. The molecule has 0 bridgehead atoms. The number of rotatable bonds is 2. The van der Waals surface area contributed by atoms with Gasteiger partial charge in [0.2, 0.25) is 0 Å². The summed E-state index contributed by atoms with van der Waals surface area (Å²) < 4.78 is 25.6. The number of alkyl halides is 2. The van der Waals surface area contributed by atoms with E-state index in [1.165, 1.54) is 13.1 Å². The minimum atomic E-state index is -2.50. The Bertz CT molecular complexity index is 398. The summed E-state index contributed by atoms with van der Waals surface area (Å²) in [5, 5.41) is 0. The van der Waals surface area contributed by atoms with E-state index in [-0.39, 0.29) is 10.3 Å². The average Bonchev–Trinajstić information content (AvgIpc) is 2.03. The average molecular weight is 206 g/mol. The Morgan fingerprint density at radius 2 is 2.23 bits per heavy atom. The van der Waals surface area contributed by atoms with Crippen molar-refractivity contribution in [1.29, 1.82) is 0 Å². The predicted molar refractivity (Wildman–Crippen MR) is 46.6 cm³/mol. The maximum atomic E-state index is 12.2. The zero-order valence-corrected chi connectivity index (χ0v) is 7.65. The van der Waals surface area contributed by atoms with Gasteiger partial charge in [-0.1, -0.05) is 0 Å². The van der Waals surface area contributed by atoms with Crippen molar-refractivity contribution >= 4 is 12.2 Å². The summed E-state index contributed by atoms with van der Waals surface area (Å²) in [6.45, 7) is 1.33. The molecule has 1 aromatic heterocycles. The molecule has 1 heterocycles. The van der Waals surface area contributed by atoms with E-state index >= 15 is 0 Å². The van der Waals surface area contributed by atoms with Gasteiger partial charge in [-0.25, -0.2) is 8.78 Å². The van der Waals surface area contributed by atoms with E-state index in [4.69, 9.17) is 12.2 Å². The molecule has 1 rings (SSSR count). The Morgan fingerprint density at radius 3 is 2.69 bits per heavy atom. The van der Waals surface area contributed by atoms with Gasteiger partial charge in [-0.05, 0) is 19.1 Å². The minimum absolute atomic E-state index is 0.0142. The molecular weight excluding hydrogens is 198 g/mol. The molecule has 0 amide bonds. The number of hydrogen-bond acceptors (Lipinski definition) is 2. The quantitative estimate of drug-likeness (QED) is 0.748. The molecule has 0 aliphatic heterocycles. The van der Waals surface area contributed by atoms with Gasteiger partial charge < -0.3 is 4.57 Å². The highest BCUT2D eigenvalue weighted by atomic mass is 32.1. The minimum Gasteiger partial charge on any atom is -0.317 e. The van der Waals surface area contributed by atoms with Crippen LogP contribution in [0, 0.1) is 4.77 Å². The Labute approximate surface area is 78.0 Å². The number of nitrogens with one attached hydrogen (secondary N) is 1. The van der Waals surface area contributed by atoms with Crippen molar-refractivity contribution in [1.82, 2.24) is 9.55 Å². The SMILES string of the molecule is CC(C(F)F)n1ccc(=O)[nH]c1=S. The second kappa shape index (κ2) is 3.78. The van der Waals surface area contributed by atoms with Crippen LogP contribution < -0.4 is 5.56 Å². The summed E-state index contributed by atoms with van der Waals surface area (Å²) in [4.78, 5) is 13.0. The molecule has 13 heavy (non-hydrogen) atoms. The predicted octanol–water partition coefficient (Wildman–Crippen LogP) is 1.73. The van der Waals surface area contributed by atoms with Gasteiger partial charge in [0.15, 0.2) is 4.77 Å². The molecule has 1 unspecified atom stereocenters. The third kappa shape index (κ3) is 2.21. The lowest BCUT2D eigenvalue weighted by Crippen LogP contribution is -2.18. The molecule has 0 radical (unpaired) electrons. The van der Waals surface area contributed by atoms with Crippen LogP contribution in [0.5, 0.6) is 0 Å². The number of nitrogens with zero attached hydrogens (tertiary/aromatic N) is 1. The van der Waals surface area contributed by atoms with Crippen LogP contribution in [-0.2, 0) is 0 Å². The van der Waals surface area contributed by atoms with Gasteiger partial charge in [0.1, 0.15) is 0 Å².